The summed E-state index contributed by atoms with van der Waals surface area (Å²) in [6.45, 7) is 10.3. The zero-order valence-electron chi connectivity index (χ0n) is 25.3. The lowest BCUT2D eigenvalue weighted by Crippen LogP contribution is -2.61. The molecule has 0 saturated carbocycles. The van der Waals surface area contributed by atoms with Crippen LogP contribution in [0.25, 0.3) is 0 Å². The minimum absolute atomic E-state index is 0.00463. The van der Waals surface area contributed by atoms with E-state index in [1.54, 1.807) is 43.1 Å². The quantitative estimate of drug-likeness (QED) is 0.289. The summed E-state index contributed by atoms with van der Waals surface area (Å²) >= 11 is 0. The van der Waals surface area contributed by atoms with Gasteiger partial charge in [0.05, 0.1) is 18.1 Å². The van der Waals surface area contributed by atoms with E-state index in [0.29, 0.717) is 25.1 Å². The first-order chi connectivity index (χ1) is 19.7. The maximum atomic E-state index is 13.7. The number of carbonyl (C=O) groups excluding carboxylic acids is 5. The molecule has 0 unspecified atom stereocenters. The lowest BCUT2D eigenvalue weighted by Gasteiger charge is -2.42. The van der Waals surface area contributed by atoms with Gasteiger partial charge in [-0.15, -0.1) is 0 Å². The SMILES string of the molecule is CC(=O)C(=O)N[C@@H]1/C=C(C)/C=C/[C@H](OC(=O)N2CCN(C)CC2)C/C=C(C)/C=C/[C@@H](O)C[C@H]2OC(=O)[C@]1(C)C(=O)[C@@H]2C. The van der Waals surface area contributed by atoms with Crippen molar-refractivity contribution in [2.45, 2.75) is 71.8 Å². The monoisotopic (exact) mass is 585 g/mol. The van der Waals surface area contributed by atoms with Crippen molar-refractivity contribution in [3.63, 3.8) is 0 Å². The number of ether oxygens (including phenoxy) is 2. The maximum Gasteiger partial charge on any atom is 0.410 e. The number of fused-ring (bicyclic) bond motifs is 10. The first-order valence-electron chi connectivity index (χ1n) is 14.3. The minimum Gasteiger partial charge on any atom is -0.461 e. The number of nitrogens with one attached hydrogen (secondary N) is 1. The average molecular weight is 586 g/mol. The van der Waals surface area contributed by atoms with Crippen LogP contribution in [0.4, 0.5) is 4.79 Å². The van der Waals surface area contributed by atoms with E-state index >= 15 is 0 Å². The van der Waals surface area contributed by atoms with Crippen LogP contribution < -0.4 is 5.32 Å². The third kappa shape index (κ3) is 8.04. The van der Waals surface area contributed by atoms with E-state index in [9.17, 15) is 29.1 Å². The number of nitrogens with zero attached hydrogens (tertiary/aromatic N) is 2. The Labute approximate surface area is 247 Å². The summed E-state index contributed by atoms with van der Waals surface area (Å²) < 4.78 is 11.5. The molecule has 0 aromatic heterocycles. The second-order valence-corrected chi connectivity index (χ2v) is 11.6. The predicted octanol–water partition coefficient (Wildman–Crippen LogP) is 2.11. The average Bonchev–Trinajstić information content (AvgIpc) is 2.94. The van der Waals surface area contributed by atoms with Crippen molar-refractivity contribution in [3.05, 3.63) is 47.6 Å². The number of esters is 1. The number of rotatable bonds is 3. The molecule has 2 bridgehead atoms. The molecule has 11 heteroatoms. The molecule has 3 heterocycles. The Morgan fingerprint density at radius 3 is 2.36 bits per heavy atom. The molecule has 2 fully saturated rings. The Morgan fingerprint density at radius 1 is 1.07 bits per heavy atom. The van der Waals surface area contributed by atoms with Crippen molar-refractivity contribution in [3.8, 4) is 0 Å². The van der Waals surface area contributed by atoms with Crippen LogP contribution in [0, 0.1) is 11.3 Å². The summed E-state index contributed by atoms with van der Waals surface area (Å²) in [5.41, 5.74) is -0.443. The first kappa shape index (κ1) is 32.9. The molecule has 0 aromatic carbocycles. The van der Waals surface area contributed by atoms with Crippen molar-refractivity contribution in [2.24, 2.45) is 11.3 Å². The summed E-state index contributed by atoms with van der Waals surface area (Å²) in [6, 6.07) is -1.20. The highest BCUT2D eigenvalue weighted by Gasteiger charge is 2.56. The Kier molecular flexibility index (Phi) is 11.0. The first-order valence-corrected chi connectivity index (χ1v) is 14.3. The van der Waals surface area contributed by atoms with Crippen LogP contribution in [0.15, 0.2) is 47.6 Å². The number of Topliss-reactive ketones (excluding diaryl/α,β-unsaturated/α-hetero) is 2. The molecule has 42 heavy (non-hydrogen) atoms. The summed E-state index contributed by atoms with van der Waals surface area (Å²) in [6.07, 6.45) is 7.51. The standard InChI is InChI=1S/C31H43N3O8/c1-19-7-10-23(36)18-25-21(3)27(37)31(5,29(39)42-25)26(32-28(38)22(4)35)17-20(2)9-12-24(11-8-19)41-30(40)34-15-13-33(6)14-16-34/h7-10,12,17,21,23-26,36H,11,13-16,18H2,1-6H3,(H,32,38)/b10-7+,12-9+,19-8+,20-17+/t21-,23-,24-,25-,26-,31+/m1/s1. The number of piperazine rings is 1. The van der Waals surface area contributed by atoms with Crippen LogP contribution in [-0.4, -0.2) is 102 Å². The van der Waals surface area contributed by atoms with E-state index in [4.69, 9.17) is 9.47 Å². The van der Waals surface area contributed by atoms with Crippen molar-refractivity contribution in [2.75, 3.05) is 33.2 Å². The van der Waals surface area contributed by atoms with Gasteiger partial charge in [0.1, 0.15) is 17.6 Å². The molecule has 1 aliphatic carbocycles. The molecule has 4 aliphatic rings. The van der Waals surface area contributed by atoms with Gasteiger partial charge in [0, 0.05) is 45.9 Å². The lowest BCUT2D eigenvalue weighted by molar-refractivity contribution is -0.181. The molecule has 0 aromatic rings. The third-order valence-electron chi connectivity index (χ3n) is 8.14. The molecule has 2 amide bonds. The Hall–Kier alpha value is -3.57. The van der Waals surface area contributed by atoms with Gasteiger partial charge in [-0.1, -0.05) is 48.5 Å². The fraction of sp³-hybridized carbons (Fsp3) is 0.581. The van der Waals surface area contributed by atoms with Crippen LogP contribution >= 0.6 is 0 Å². The zero-order chi connectivity index (χ0) is 31.2. The van der Waals surface area contributed by atoms with Crippen molar-refractivity contribution < 1.29 is 38.6 Å². The zero-order valence-corrected chi connectivity index (χ0v) is 25.3. The Balaban J connectivity index is 2.01. The van der Waals surface area contributed by atoms with Gasteiger partial charge >= 0.3 is 12.1 Å². The summed E-state index contributed by atoms with van der Waals surface area (Å²) in [5, 5.41) is 13.2. The fourth-order valence-electron chi connectivity index (χ4n) is 5.12. The van der Waals surface area contributed by atoms with E-state index in [1.165, 1.54) is 13.0 Å². The maximum absolute atomic E-state index is 13.7. The third-order valence-corrected chi connectivity index (χ3v) is 8.14. The number of hydrogen-bond acceptors (Lipinski definition) is 9. The summed E-state index contributed by atoms with van der Waals surface area (Å²) in [5.74, 6) is -3.83. The number of carbonyl (C=O) groups is 5. The molecule has 2 saturated heterocycles. The molecule has 6 atom stereocenters. The highest BCUT2D eigenvalue weighted by atomic mass is 16.6. The van der Waals surface area contributed by atoms with Gasteiger partial charge in [0.15, 0.2) is 5.78 Å². The van der Waals surface area contributed by atoms with E-state index in [2.05, 4.69) is 10.2 Å². The van der Waals surface area contributed by atoms with Crippen molar-refractivity contribution in [1.29, 1.82) is 0 Å². The van der Waals surface area contributed by atoms with Gasteiger partial charge in [-0.25, -0.2) is 4.79 Å². The number of ketones is 2. The highest BCUT2D eigenvalue weighted by molar-refractivity contribution is 6.35. The number of likely N-dealkylation sites (N-methyl/N-ethyl adjacent to an activating group) is 1. The van der Waals surface area contributed by atoms with Gasteiger partial charge in [-0.05, 0) is 33.9 Å². The second-order valence-electron chi connectivity index (χ2n) is 11.6. The number of aliphatic hydroxyl groups excluding tert-OH is 1. The van der Waals surface area contributed by atoms with E-state index in [0.717, 1.165) is 25.6 Å². The largest absolute Gasteiger partial charge is 0.461 e. The summed E-state index contributed by atoms with van der Waals surface area (Å²) in [7, 11) is 1.99. The Bertz CT molecular complexity index is 1200. The fourth-order valence-corrected chi connectivity index (χ4v) is 5.12. The smallest absolute Gasteiger partial charge is 0.410 e. The van der Waals surface area contributed by atoms with Crippen molar-refractivity contribution in [1.82, 2.24) is 15.1 Å². The molecule has 4 rings (SSSR count). The number of hydrogen-bond donors (Lipinski definition) is 2. The normalized spacial score (nSPS) is 35.5. The predicted molar refractivity (Wildman–Crippen MR) is 155 cm³/mol. The molecule has 230 valence electrons. The van der Waals surface area contributed by atoms with Crippen LogP contribution in [0.2, 0.25) is 0 Å². The van der Waals surface area contributed by atoms with E-state index in [-0.39, 0.29) is 6.42 Å². The topological polar surface area (TPSA) is 143 Å². The Morgan fingerprint density at radius 2 is 1.71 bits per heavy atom. The summed E-state index contributed by atoms with van der Waals surface area (Å²) in [4.78, 5) is 68.1. The number of aliphatic hydroxyl groups is 1. The molecule has 11 nitrogen and oxygen atoms in total. The van der Waals surface area contributed by atoms with Gasteiger partial charge in [0.25, 0.3) is 5.91 Å². The van der Waals surface area contributed by atoms with Gasteiger partial charge < -0.3 is 29.7 Å². The second kappa shape index (κ2) is 14.1. The number of allylic oxidation sites excluding steroid dienone is 4. The van der Waals surface area contributed by atoms with Crippen molar-refractivity contribution >= 4 is 29.5 Å². The van der Waals surface area contributed by atoms with Crippen LogP contribution in [0.1, 0.15) is 47.5 Å². The van der Waals surface area contributed by atoms with Crippen LogP contribution in [0.5, 0.6) is 0 Å². The van der Waals surface area contributed by atoms with Crippen LogP contribution in [0.3, 0.4) is 0 Å². The molecule has 0 spiro atoms. The van der Waals surface area contributed by atoms with E-state index in [1.807, 2.05) is 20.0 Å². The molecule has 2 N–H and O–H groups in total. The van der Waals surface area contributed by atoms with E-state index < -0.39 is 65.2 Å². The molecular weight excluding hydrogens is 542 g/mol. The lowest BCUT2D eigenvalue weighted by atomic mass is 9.69. The van der Waals surface area contributed by atoms with Gasteiger partial charge in [-0.2, -0.15) is 0 Å². The van der Waals surface area contributed by atoms with Crippen LogP contribution in [-0.2, 0) is 28.7 Å². The van der Waals surface area contributed by atoms with Gasteiger partial charge in [0.2, 0.25) is 5.78 Å². The minimum atomic E-state index is -1.82. The molecular formula is C31H43N3O8. The number of amides is 2. The molecule has 3 aliphatic heterocycles. The van der Waals surface area contributed by atoms with Gasteiger partial charge in [-0.3, -0.25) is 19.2 Å². The molecule has 0 radical (unpaired) electrons. The highest BCUT2D eigenvalue weighted by Crippen LogP contribution is 2.38.